The van der Waals surface area contributed by atoms with Crippen molar-refractivity contribution in [3.8, 4) is 0 Å². The molecular formula is C16H26N2O2. The molecule has 0 aliphatic rings. The van der Waals surface area contributed by atoms with E-state index in [1.165, 1.54) is 31.7 Å². The maximum atomic E-state index is 10.8. The van der Waals surface area contributed by atoms with Crippen LogP contribution in [-0.2, 0) is 6.54 Å². The Morgan fingerprint density at radius 1 is 1.25 bits per heavy atom. The number of aromatic carboxylic acids is 1. The molecule has 0 aromatic carbocycles. The number of hydrogen-bond donors (Lipinski definition) is 2. The average molecular weight is 278 g/mol. The van der Waals surface area contributed by atoms with E-state index in [0.29, 0.717) is 6.54 Å². The van der Waals surface area contributed by atoms with E-state index in [1.807, 2.05) is 6.07 Å². The molecule has 0 bridgehead atoms. The Labute approximate surface area is 121 Å². The van der Waals surface area contributed by atoms with Crippen LogP contribution >= 0.6 is 0 Å². The Morgan fingerprint density at radius 3 is 2.70 bits per heavy atom. The van der Waals surface area contributed by atoms with Gasteiger partial charge in [0.2, 0.25) is 0 Å². The number of rotatable bonds is 10. The Hall–Kier alpha value is -1.42. The van der Waals surface area contributed by atoms with E-state index in [4.69, 9.17) is 5.11 Å². The van der Waals surface area contributed by atoms with Gasteiger partial charge in [-0.25, -0.2) is 9.78 Å². The van der Waals surface area contributed by atoms with Gasteiger partial charge in [0.15, 0.2) is 0 Å². The number of aromatic nitrogens is 1. The van der Waals surface area contributed by atoms with Gasteiger partial charge in [0.1, 0.15) is 5.69 Å². The zero-order valence-electron chi connectivity index (χ0n) is 12.6. The van der Waals surface area contributed by atoms with Crippen LogP contribution < -0.4 is 5.32 Å². The van der Waals surface area contributed by atoms with Gasteiger partial charge in [-0.3, -0.25) is 0 Å². The highest BCUT2D eigenvalue weighted by Crippen LogP contribution is 2.09. The van der Waals surface area contributed by atoms with Crippen molar-refractivity contribution in [1.29, 1.82) is 0 Å². The molecule has 0 aliphatic carbocycles. The molecule has 4 nitrogen and oxygen atoms in total. The highest BCUT2D eigenvalue weighted by Gasteiger charge is 2.04. The number of pyridine rings is 1. The number of nitrogens with one attached hydrogen (secondary N) is 1. The minimum atomic E-state index is -0.975. The van der Waals surface area contributed by atoms with E-state index in [-0.39, 0.29) is 5.69 Å². The summed E-state index contributed by atoms with van der Waals surface area (Å²) in [4.78, 5) is 14.9. The van der Waals surface area contributed by atoms with Gasteiger partial charge in [-0.2, -0.15) is 0 Å². The summed E-state index contributed by atoms with van der Waals surface area (Å²) in [7, 11) is 0. The normalized spacial score (nSPS) is 10.9. The third-order valence-corrected chi connectivity index (χ3v) is 3.22. The quantitative estimate of drug-likeness (QED) is 0.643. The summed E-state index contributed by atoms with van der Waals surface area (Å²) in [5.74, 6) is -0.169. The van der Waals surface area contributed by atoms with Gasteiger partial charge in [-0.1, -0.05) is 45.6 Å². The maximum Gasteiger partial charge on any atom is 0.354 e. The minimum Gasteiger partial charge on any atom is -0.477 e. The van der Waals surface area contributed by atoms with Crippen molar-refractivity contribution in [1.82, 2.24) is 10.3 Å². The summed E-state index contributed by atoms with van der Waals surface area (Å²) in [6.07, 6.45) is 6.35. The number of nitrogens with zero attached hydrogens (tertiary/aromatic N) is 1. The third kappa shape index (κ3) is 7.24. The van der Waals surface area contributed by atoms with Gasteiger partial charge in [0.25, 0.3) is 0 Å². The molecular weight excluding hydrogens is 252 g/mol. The fraction of sp³-hybridized carbons (Fsp3) is 0.625. The summed E-state index contributed by atoms with van der Waals surface area (Å²) in [5.41, 5.74) is 0.891. The molecule has 0 saturated carbocycles. The van der Waals surface area contributed by atoms with Crippen molar-refractivity contribution in [2.75, 3.05) is 6.54 Å². The first-order valence-electron chi connectivity index (χ1n) is 7.49. The summed E-state index contributed by atoms with van der Waals surface area (Å²) in [5, 5.41) is 12.2. The lowest BCUT2D eigenvalue weighted by Crippen LogP contribution is -2.16. The lowest BCUT2D eigenvalue weighted by Gasteiger charge is -2.06. The van der Waals surface area contributed by atoms with Crippen LogP contribution in [0.25, 0.3) is 0 Å². The van der Waals surface area contributed by atoms with Gasteiger partial charge >= 0.3 is 5.97 Å². The fourth-order valence-electron chi connectivity index (χ4n) is 2.07. The molecule has 0 amide bonds. The van der Waals surface area contributed by atoms with Crippen LogP contribution in [0.15, 0.2) is 18.2 Å². The first-order chi connectivity index (χ1) is 9.59. The van der Waals surface area contributed by atoms with Crippen molar-refractivity contribution in [3.63, 3.8) is 0 Å². The first kappa shape index (κ1) is 16.6. The molecule has 0 spiro atoms. The molecule has 0 saturated heterocycles. The van der Waals surface area contributed by atoms with Crippen LogP contribution in [0.5, 0.6) is 0 Å². The molecule has 0 fully saturated rings. The summed E-state index contributed by atoms with van der Waals surface area (Å²) < 4.78 is 0. The van der Waals surface area contributed by atoms with Gasteiger partial charge in [-0.15, -0.1) is 0 Å². The maximum absolute atomic E-state index is 10.8. The minimum absolute atomic E-state index is 0.109. The SMILES string of the molecule is CC(C)CCCCCCNCc1cccc(C(=O)O)n1. The summed E-state index contributed by atoms with van der Waals surface area (Å²) in [6, 6.07) is 5.10. The molecule has 112 valence electrons. The van der Waals surface area contributed by atoms with E-state index in [2.05, 4.69) is 24.1 Å². The zero-order chi connectivity index (χ0) is 14.8. The second-order valence-corrected chi connectivity index (χ2v) is 5.59. The van der Waals surface area contributed by atoms with Crippen molar-refractivity contribution in [2.45, 2.75) is 52.5 Å². The molecule has 1 aromatic heterocycles. The molecule has 1 heterocycles. The topological polar surface area (TPSA) is 62.2 Å². The molecule has 1 aromatic rings. The van der Waals surface area contributed by atoms with E-state index in [0.717, 1.165) is 24.6 Å². The number of carbonyl (C=O) groups is 1. The molecule has 20 heavy (non-hydrogen) atoms. The lowest BCUT2D eigenvalue weighted by molar-refractivity contribution is 0.0690. The lowest BCUT2D eigenvalue weighted by atomic mass is 10.0. The van der Waals surface area contributed by atoms with Crippen molar-refractivity contribution >= 4 is 5.97 Å². The summed E-state index contributed by atoms with van der Waals surface area (Å²) in [6.45, 7) is 6.12. The smallest absolute Gasteiger partial charge is 0.354 e. The van der Waals surface area contributed by atoms with Crippen molar-refractivity contribution < 1.29 is 9.90 Å². The van der Waals surface area contributed by atoms with Crippen LogP contribution in [-0.4, -0.2) is 22.6 Å². The van der Waals surface area contributed by atoms with Crippen LogP contribution in [0.1, 0.15) is 62.1 Å². The molecule has 1 rings (SSSR count). The largest absolute Gasteiger partial charge is 0.477 e. The molecule has 0 aliphatic heterocycles. The fourth-order valence-corrected chi connectivity index (χ4v) is 2.07. The van der Waals surface area contributed by atoms with Gasteiger partial charge in [0, 0.05) is 6.54 Å². The van der Waals surface area contributed by atoms with E-state index in [9.17, 15) is 4.79 Å². The monoisotopic (exact) mass is 278 g/mol. The highest BCUT2D eigenvalue weighted by atomic mass is 16.4. The molecule has 0 radical (unpaired) electrons. The van der Waals surface area contributed by atoms with E-state index < -0.39 is 5.97 Å². The standard InChI is InChI=1S/C16H26N2O2/c1-13(2)8-5-3-4-6-11-17-12-14-9-7-10-15(18-14)16(19)20/h7,9-10,13,17H,3-6,8,11-12H2,1-2H3,(H,19,20). The Balaban J connectivity index is 2.09. The van der Waals surface area contributed by atoms with Gasteiger partial charge in [-0.05, 0) is 31.0 Å². The van der Waals surface area contributed by atoms with Crippen LogP contribution in [0.3, 0.4) is 0 Å². The number of carboxylic acid groups (broad SMARTS) is 1. The van der Waals surface area contributed by atoms with Crippen LogP contribution in [0.2, 0.25) is 0 Å². The third-order valence-electron chi connectivity index (χ3n) is 3.22. The second-order valence-electron chi connectivity index (χ2n) is 5.59. The van der Waals surface area contributed by atoms with E-state index >= 15 is 0 Å². The molecule has 4 heteroatoms. The average Bonchev–Trinajstić information content (AvgIpc) is 2.41. The highest BCUT2D eigenvalue weighted by molar-refractivity contribution is 5.85. The number of carboxylic acids is 1. The predicted octanol–water partition coefficient (Wildman–Crippen LogP) is 3.48. The van der Waals surface area contributed by atoms with Gasteiger partial charge < -0.3 is 10.4 Å². The Kier molecular flexibility index (Phi) is 7.88. The molecule has 0 atom stereocenters. The first-order valence-corrected chi connectivity index (χ1v) is 7.49. The van der Waals surface area contributed by atoms with Crippen LogP contribution in [0, 0.1) is 5.92 Å². The molecule has 2 N–H and O–H groups in total. The summed E-state index contributed by atoms with van der Waals surface area (Å²) >= 11 is 0. The number of unbranched alkanes of at least 4 members (excludes halogenated alkanes) is 3. The number of hydrogen-bond acceptors (Lipinski definition) is 3. The zero-order valence-corrected chi connectivity index (χ0v) is 12.6. The van der Waals surface area contributed by atoms with Crippen LogP contribution in [0.4, 0.5) is 0 Å². The molecule has 0 unspecified atom stereocenters. The Bertz CT molecular complexity index is 405. The second kappa shape index (κ2) is 9.48. The Morgan fingerprint density at radius 2 is 2.00 bits per heavy atom. The van der Waals surface area contributed by atoms with Crippen molar-refractivity contribution in [2.24, 2.45) is 5.92 Å². The van der Waals surface area contributed by atoms with Crippen molar-refractivity contribution in [3.05, 3.63) is 29.6 Å². The van der Waals surface area contributed by atoms with Gasteiger partial charge in [0.05, 0.1) is 5.69 Å². The van der Waals surface area contributed by atoms with E-state index in [1.54, 1.807) is 6.07 Å². The predicted molar refractivity (Wildman–Crippen MR) is 80.8 cm³/mol.